The summed E-state index contributed by atoms with van der Waals surface area (Å²) in [6.07, 6.45) is 3.76. The average Bonchev–Trinajstić information content (AvgIpc) is 3.17. The van der Waals surface area contributed by atoms with Gasteiger partial charge in [0.2, 0.25) is 0 Å². The first-order valence-corrected chi connectivity index (χ1v) is 6.89. The Morgan fingerprint density at radius 2 is 2.21 bits per heavy atom. The van der Waals surface area contributed by atoms with Crippen LogP contribution in [0.15, 0.2) is 18.2 Å². The van der Waals surface area contributed by atoms with Crippen LogP contribution >= 0.6 is 0 Å². The second-order valence-electron chi connectivity index (χ2n) is 5.66. The summed E-state index contributed by atoms with van der Waals surface area (Å²) in [7, 11) is 0. The minimum Gasteiger partial charge on any atom is -0.381 e. The zero-order valence-corrected chi connectivity index (χ0v) is 11.1. The molecule has 1 aliphatic carbocycles. The van der Waals surface area contributed by atoms with E-state index in [0.717, 1.165) is 24.7 Å². The van der Waals surface area contributed by atoms with Crippen LogP contribution in [0.25, 0.3) is 0 Å². The minimum absolute atomic E-state index is 0.107. The number of benzene rings is 1. The molecule has 19 heavy (non-hydrogen) atoms. The molecule has 0 radical (unpaired) electrons. The Balaban J connectivity index is 1.67. The van der Waals surface area contributed by atoms with Crippen molar-refractivity contribution in [3.05, 3.63) is 29.6 Å². The number of hydrogen-bond acceptors (Lipinski definition) is 3. The monoisotopic (exact) mass is 259 g/mol. The van der Waals surface area contributed by atoms with Gasteiger partial charge in [-0.25, -0.2) is 4.39 Å². The van der Waals surface area contributed by atoms with Crippen LogP contribution in [0.3, 0.4) is 0 Å². The van der Waals surface area contributed by atoms with Gasteiger partial charge in [0, 0.05) is 30.4 Å². The van der Waals surface area contributed by atoms with Crippen molar-refractivity contribution < 1.29 is 4.39 Å². The van der Waals surface area contributed by atoms with E-state index in [1.165, 1.54) is 18.9 Å². The van der Waals surface area contributed by atoms with E-state index in [-0.39, 0.29) is 5.56 Å². The molecule has 4 heteroatoms. The van der Waals surface area contributed by atoms with E-state index in [9.17, 15) is 4.39 Å². The first-order chi connectivity index (χ1) is 9.17. The molecular weight excluding hydrogens is 241 g/mol. The molecule has 0 amide bonds. The second-order valence-corrected chi connectivity index (χ2v) is 5.66. The zero-order chi connectivity index (χ0) is 13.4. The number of anilines is 1. The lowest BCUT2D eigenvalue weighted by molar-refractivity contribution is 0.257. The van der Waals surface area contributed by atoms with Gasteiger partial charge in [-0.3, -0.25) is 4.90 Å². The number of nitriles is 1. The molecule has 3 nitrogen and oxygen atoms in total. The third-order valence-corrected chi connectivity index (χ3v) is 4.10. The van der Waals surface area contributed by atoms with Gasteiger partial charge in [0.1, 0.15) is 11.9 Å². The minimum atomic E-state index is -0.451. The van der Waals surface area contributed by atoms with Crippen LogP contribution in [-0.4, -0.2) is 29.6 Å². The average molecular weight is 259 g/mol. The molecule has 1 heterocycles. The molecule has 0 aromatic heterocycles. The first kappa shape index (κ1) is 12.4. The van der Waals surface area contributed by atoms with Crippen molar-refractivity contribution in [2.75, 3.05) is 11.9 Å². The molecule has 2 atom stereocenters. The second kappa shape index (κ2) is 4.82. The van der Waals surface area contributed by atoms with Crippen LogP contribution in [0.2, 0.25) is 0 Å². The molecule has 2 fully saturated rings. The van der Waals surface area contributed by atoms with E-state index < -0.39 is 5.82 Å². The molecule has 3 rings (SSSR count). The van der Waals surface area contributed by atoms with Gasteiger partial charge >= 0.3 is 0 Å². The Labute approximate surface area is 113 Å². The van der Waals surface area contributed by atoms with Crippen molar-refractivity contribution >= 4 is 5.69 Å². The summed E-state index contributed by atoms with van der Waals surface area (Å²) < 4.78 is 13.3. The van der Waals surface area contributed by atoms with Crippen LogP contribution in [0.4, 0.5) is 10.1 Å². The third kappa shape index (κ3) is 2.57. The largest absolute Gasteiger partial charge is 0.381 e. The number of halogens is 1. The third-order valence-electron chi connectivity index (χ3n) is 4.10. The maximum absolute atomic E-state index is 13.3. The zero-order valence-electron chi connectivity index (χ0n) is 11.1. The number of rotatable bonds is 3. The molecule has 1 aliphatic heterocycles. The SMILES string of the molecule is CC1CC(Nc2ccc(F)c(C#N)c2)CN1C1CC1. The van der Waals surface area contributed by atoms with Gasteiger partial charge in [-0.05, 0) is 44.4 Å². The number of hydrogen-bond donors (Lipinski definition) is 1. The van der Waals surface area contributed by atoms with Crippen LogP contribution in [-0.2, 0) is 0 Å². The fraction of sp³-hybridized carbons (Fsp3) is 0.533. The van der Waals surface area contributed by atoms with E-state index in [4.69, 9.17) is 5.26 Å². The number of nitrogens with zero attached hydrogens (tertiary/aromatic N) is 2. The highest BCUT2D eigenvalue weighted by Gasteiger charge is 2.38. The van der Waals surface area contributed by atoms with Crippen LogP contribution in [0.5, 0.6) is 0 Å². The summed E-state index contributed by atoms with van der Waals surface area (Å²) in [6, 6.07) is 8.34. The Bertz CT molecular complexity index is 519. The van der Waals surface area contributed by atoms with Crippen molar-refractivity contribution in [3.63, 3.8) is 0 Å². The molecule has 2 unspecified atom stereocenters. The quantitative estimate of drug-likeness (QED) is 0.907. The van der Waals surface area contributed by atoms with Gasteiger partial charge < -0.3 is 5.32 Å². The predicted octanol–water partition coefficient (Wildman–Crippen LogP) is 2.73. The summed E-state index contributed by atoms with van der Waals surface area (Å²) in [4.78, 5) is 2.56. The fourth-order valence-corrected chi connectivity index (χ4v) is 3.01. The van der Waals surface area contributed by atoms with Crippen molar-refractivity contribution in [2.24, 2.45) is 0 Å². The molecule has 1 aromatic carbocycles. The van der Waals surface area contributed by atoms with Crippen molar-refractivity contribution in [1.82, 2.24) is 4.90 Å². The molecule has 1 aromatic rings. The lowest BCUT2D eigenvalue weighted by atomic mass is 10.1. The maximum atomic E-state index is 13.3. The Morgan fingerprint density at radius 1 is 1.42 bits per heavy atom. The fourth-order valence-electron chi connectivity index (χ4n) is 3.01. The maximum Gasteiger partial charge on any atom is 0.141 e. The molecule has 0 bridgehead atoms. The number of likely N-dealkylation sites (tertiary alicyclic amines) is 1. The van der Waals surface area contributed by atoms with E-state index in [2.05, 4.69) is 17.1 Å². The van der Waals surface area contributed by atoms with Gasteiger partial charge in [0.25, 0.3) is 0 Å². The Morgan fingerprint density at radius 3 is 2.89 bits per heavy atom. The van der Waals surface area contributed by atoms with E-state index in [0.29, 0.717) is 12.1 Å². The van der Waals surface area contributed by atoms with Gasteiger partial charge in [0.15, 0.2) is 0 Å². The van der Waals surface area contributed by atoms with Crippen LogP contribution in [0.1, 0.15) is 31.7 Å². The molecule has 100 valence electrons. The van der Waals surface area contributed by atoms with E-state index in [1.54, 1.807) is 12.1 Å². The van der Waals surface area contributed by atoms with Crippen molar-refractivity contribution in [3.8, 4) is 6.07 Å². The van der Waals surface area contributed by atoms with E-state index >= 15 is 0 Å². The van der Waals surface area contributed by atoms with Crippen molar-refractivity contribution in [1.29, 1.82) is 5.26 Å². The lowest BCUT2D eigenvalue weighted by Crippen LogP contribution is -2.31. The molecule has 1 N–H and O–H groups in total. The Kier molecular flexibility index (Phi) is 3.16. The summed E-state index contributed by atoms with van der Waals surface area (Å²) in [6.45, 7) is 3.32. The summed E-state index contributed by atoms with van der Waals surface area (Å²) in [5, 5.41) is 12.3. The molecule has 1 saturated carbocycles. The molecule has 2 aliphatic rings. The smallest absolute Gasteiger partial charge is 0.141 e. The standard InChI is InChI=1S/C15H18FN3/c1-10-6-13(9-19(10)14-3-4-14)18-12-2-5-15(16)11(7-12)8-17/h2,5,7,10,13-14,18H,3-4,6,9H2,1H3. The molecular formula is C15H18FN3. The molecule has 0 spiro atoms. The van der Waals surface area contributed by atoms with Crippen LogP contribution < -0.4 is 5.32 Å². The highest BCUT2D eigenvalue weighted by molar-refractivity contribution is 5.50. The topological polar surface area (TPSA) is 39.1 Å². The Hall–Kier alpha value is -1.60. The van der Waals surface area contributed by atoms with Gasteiger partial charge in [-0.15, -0.1) is 0 Å². The highest BCUT2D eigenvalue weighted by atomic mass is 19.1. The molecule has 1 saturated heterocycles. The van der Waals surface area contributed by atoms with E-state index in [1.807, 2.05) is 6.07 Å². The van der Waals surface area contributed by atoms with Gasteiger partial charge in [-0.2, -0.15) is 5.26 Å². The summed E-state index contributed by atoms with van der Waals surface area (Å²) >= 11 is 0. The summed E-state index contributed by atoms with van der Waals surface area (Å²) in [5.41, 5.74) is 0.947. The first-order valence-electron chi connectivity index (χ1n) is 6.89. The lowest BCUT2D eigenvalue weighted by Gasteiger charge is -2.20. The summed E-state index contributed by atoms with van der Waals surface area (Å²) in [5.74, 6) is -0.451. The van der Waals surface area contributed by atoms with Crippen LogP contribution in [0, 0.1) is 17.1 Å². The predicted molar refractivity (Wildman–Crippen MR) is 72.3 cm³/mol. The van der Waals surface area contributed by atoms with Crippen molar-refractivity contribution in [2.45, 2.75) is 44.3 Å². The van der Waals surface area contributed by atoms with Gasteiger partial charge in [-0.1, -0.05) is 0 Å². The highest BCUT2D eigenvalue weighted by Crippen LogP contribution is 2.34. The number of nitrogens with one attached hydrogen (secondary N) is 1. The normalized spacial score (nSPS) is 27.2. The van der Waals surface area contributed by atoms with Gasteiger partial charge in [0.05, 0.1) is 5.56 Å².